The molecule has 2 unspecified atom stereocenters. The van der Waals surface area contributed by atoms with Crippen molar-refractivity contribution in [1.82, 2.24) is 15.6 Å². The van der Waals surface area contributed by atoms with Gasteiger partial charge in [0, 0.05) is 38.9 Å². The SMILES string of the molecule is CN=C(NCCc1ccc(Cl)nc1)NCC1CCCOC1C(C)(C)C.I. The standard InChI is InChI=1S/C19H31ClN4O.HI/c1-19(2,3)17-15(6-5-11-25-17)13-24-18(21-4)22-10-9-14-7-8-16(20)23-12-14;/h7-8,12,15,17H,5-6,9-11,13H2,1-4H3,(H2,21,22,24);1H. The first kappa shape index (κ1) is 23.4. The number of hydrogen-bond donors (Lipinski definition) is 2. The van der Waals surface area contributed by atoms with Crippen LogP contribution in [0, 0.1) is 11.3 Å². The Kier molecular flexibility index (Phi) is 10.2. The van der Waals surface area contributed by atoms with Crippen molar-refractivity contribution in [2.75, 3.05) is 26.7 Å². The Balaban J connectivity index is 0.00000338. The van der Waals surface area contributed by atoms with Crippen molar-refractivity contribution in [3.05, 3.63) is 29.0 Å². The predicted octanol–water partition coefficient (Wildman–Crippen LogP) is 3.90. The molecule has 0 aliphatic carbocycles. The van der Waals surface area contributed by atoms with E-state index in [4.69, 9.17) is 16.3 Å². The average molecular weight is 495 g/mol. The summed E-state index contributed by atoms with van der Waals surface area (Å²) >= 11 is 5.81. The molecule has 26 heavy (non-hydrogen) atoms. The van der Waals surface area contributed by atoms with Gasteiger partial charge in [0.2, 0.25) is 0 Å². The second-order valence-corrected chi connectivity index (χ2v) is 8.07. The Bertz CT molecular complexity index is 560. The lowest BCUT2D eigenvalue weighted by Gasteiger charge is -2.40. The number of aliphatic imine (C=N–C) groups is 1. The van der Waals surface area contributed by atoms with Crippen LogP contribution < -0.4 is 10.6 Å². The maximum absolute atomic E-state index is 6.05. The van der Waals surface area contributed by atoms with E-state index < -0.39 is 0 Å². The van der Waals surface area contributed by atoms with E-state index in [1.54, 1.807) is 7.05 Å². The Hall–Kier alpha value is -0.600. The van der Waals surface area contributed by atoms with E-state index in [0.29, 0.717) is 11.1 Å². The lowest BCUT2D eigenvalue weighted by atomic mass is 9.78. The monoisotopic (exact) mass is 494 g/mol. The highest BCUT2D eigenvalue weighted by molar-refractivity contribution is 14.0. The molecule has 2 atom stereocenters. The van der Waals surface area contributed by atoms with E-state index in [9.17, 15) is 0 Å². The number of ether oxygens (including phenoxy) is 1. The number of rotatable bonds is 5. The van der Waals surface area contributed by atoms with Gasteiger partial charge in [-0.15, -0.1) is 24.0 Å². The third-order valence-corrected chi connectivity index (χ3v) is 4.77. The number of pyridine rings is 1. The number of nitrogens with zero attached hydrogens (tertiary/aromatic N) is 2. The van der Waals surface area contributed by atoms with Crippen LogP contribution in [0.25, 0.3) is 0 Å². The number of guanidine groups is 1. The van der Waals surface area contributed by atoms with Crippen LogP contribution in [0.3, 0.4) is 0 Å². The molecule has 2 N–H and O–H groups in total. The smallest absolute Gasteiger partial charge is 0.190 e. The molecule has 1 saturated heterocycles. The Morgan fingerprint density at radius 3 is 2.73 bits per heavy atom. The maximum atomic E-state index is 6.05. The second-order valence-electron chi connectivity index (χ2n) is 7.68. The summed E-state index contributed by atoms with van der Waals surface area (Å²) in [5.74, 6) is 1.34. The minimum absolute atomic E-state index is 0. The highest BCUT2D eigenvalue weighted by atomic mass is 127. The van der Waals surface area contributed by atoms with Crippen LogP contribution in [0.2, 0.25) is 5.15 Å². The lowest BCUT2D eigenvalue weighted by Crippen LogP contribution is -2.47. The minimum atomic E-state index is 0. The lowest BCUT2D eigenvalue weighted by molar-refractivity contribution is -0.0835. The summed E-state index contributed by atoms with van der Waals surface area (Å²) in [6.45, 7) is 9.31. The molecule has 0 spiro atoms. The van der Waals surface area contributed by atoms with Crippen LogP contribution in [0.1, 0.15) is 39.2 Å². The quantitative estimate of drug-likeness (QED) is 0.282. The van der Waals surface area contributed by atoms with Gasteiger partial charge in [-0.25, -0.2) is 4.98 Å². The molecular weight excluding hydrogens is 463 g/mol. The van der Waals surface area contributed by atoms with Crippen LogP contribution >= 0.6 is 35.6 Å². The van der Waals surface area contributed by atoms with E-state index >= 15 is 0 Å². The topological polar surface area (TPSA) is 58.5 Å². The zero-order valence-electron chi connectivity index (χ0n) is 16.2. The Labute approximate surface area is 179 Å². The van der Waals surface area contributed by atoms with E-state index in [-0.39, 0.29) is 35.5 Å². The highest BCUT2D eigenvalue weighted by Crippen LogP contribution is 2.33. The van der Waals surface area contributed by atoms with Crippen LogP contribution in [0.4, 0.5) is 0 Å². The summed E-state index contributed by atoms with van der Waals surface area (Å²) in [5, 5.41) is 7.35. The molecule has 1 fully saturated rings. The van der Waals surface area contributed by atoms with Crippen LogP contribution in [0.5, 0.6) is 0 Å². The van der Waals surface area contributed by atoms with Gasteiger partial charge in [0.15, 0.2) is 5.96 Å². The van der Waals surface area contributed by atoms with Gasteiger partial charge in [-0.3, -0.25) is 4.99 Å². The molecule has 0 radical (unpaired) electrons. The molecule has 1 aromatic rings. The Morgan fingerprint density at radius 1 is 1.35 bits per heavy atom. The van der Waals surface area contributed by atoms with Gasteiger partial charge in [-0.05, 0) is 36.3 Å². The molecule has 1 aromatic heterocycles. The van der Waals surface area contributed by atoms with Gasteiger partial charge >= 0.3 is 0 Å². The zero-order chi connectivity index (χ0) is 18.3. The number of hydrogen-bond acceptors (Lipinski definition) is 3. The molecule has 7 heteroatoms. The molecule has 5 nitrogen and oxygen atoms in total. The second kappa shape index (κ2) is 11.3. The summed E-state index contributed by atoms with van der Waals surface area (Å²) in [5.41, 5.74) is 1.31. The molecule has 0 amide bonds. The van der Waals surface area contributed by atoms with Crippen LogP contribution in [0.15, 0.2) is 23.3 Å². The van der Waals surface area contributed by atoms with Crippen molar-refractivity contribution in [2.24, 2.45) is 16.3 Å². The van der Waals surface area contributed by atoms with E-state index in [1.165, 1.54) is 6.42 Å². The highest BCUT2D eigenvalue weighted by Gasteiger charge is 2.35. The van der Waals surface area contributed by atoms with E-state index in [1.807, 2.05) is 18.3 Å². The molecule has 0 bridgehead atoms. The van der Waals surface area contributed by atoms with Crippen molar-refractivity contribution in [3.63, 3.8) is 0 Å². The zero-order valence-corrected chi connectivity index (χ0v) is 19.3. The van der Waals surface area contributed by atoms with Crippen molar-refractivity contribution in [3.8, 4) is 0 Å². The summed E-state index contributed by atoms with van der Waals surface area (Å²) in [6, 6.07) is 3.82. The maximum Gasteiger partial charge on any atom is 0.190 e. The van der Waals surface area contributed by atoms with Crippen molar-refractivity contribution in [1.29, 1.82) is 0 Å². The molecule has 2 rings (SSSR count). The van der Waals surface area contributed by atoms with E-state index in [0.717, 1.165) is 44.1 Å². The predicted molar refractivity (Wildman–Crippen MR) is 120 cm³/mol. The van der Waals surface area contributed by atoms with Gasteiger partial charge < -0.3 is 15.4 Å². The fraction of sp³-hybridized carbons (Fsp3) is 0.684. The number of aromatic nitrogens is 1. The Morgan fingerprint density at radius 2 is 2.12 bits per heavy atom. The third kappa shape index (κ3) is 7.56. The first-order valence-electron chi connectivity index (χ1n) is 9.06. The molecule has 1 aliphatic rings. The first-order chi connectivity index (χ1) is 11.9. The average Bonchev–Trinajstić information content (AvgIpc) is 2.59. The fourth-order valence-corrected chi connectivity index (χ4v) is 3.45. The molecule has 0 aromatic carbocycles. The van der Waals surface area contributed by atoms with Gasteiger partial charge in [0.1, 0.15) is 5.15 Å². The first-order valence-corrected chi connectivity index (χ1v) is 9.44. The summed E-state index contributed by atoms with van der Waals surface area (Å²) < 4.78 is 6.05. The summed E-state index contributed by atoms with van der Waals surface area (Å²) in [6.07, 6.45) is 5.30. The van der Waals surface area contributed by atoms with Gasteiger partial charge in [0.25, 0.3) is 0 Å². The summed E-state index contributed by atoms with van der Waals surface area (Å²) in [7, 11) is 1.80. The normalized spacial score (nSPS) is 21.0. The number of halogens is 2. The van der Waals surface area contributed by atoms with Crippen molar-refractivity contribution in [2.45, 2.75) is 46.1 Å². The van der Waals surface area contributed by atoms with E-state index in [2.05, 4.69) is 41.4 Å². The van der Waals surface area contributed by atoms with Gasteiger partial charge in [0.05, 0.1) is 6.10 Å². The van der Waals surface area contributed by atoms with Crippen molar-refractivity contribution >= 4 is 41.5 Å². The molecule has 148 valence electrons. The largest absolute Gasteiger partial charge is 0.377 e. The molecule has 2 heterocycles. The minimum Gasteiger partial charge on any atom is -0.377 e. The summed E-state index contributed by atoms with van der Waals surface area (Å²) in [4.78, 5) is 8.43. The molecule has 0 saturated carbocycles. The van der Waals surface area contributed by atoms with Gasteiger partial charge in [-0.2, -0.15) is 0 Å². The molecule has 1 aliphatic heterocycles. The van der Waals surface area contributed by atoms with Crippen LogP contribution in [-0.2, 0) is 11.2 Å². The third-order valence-electron chi connectivity index (χ3n) is 4.55. The van der Waals surface area contributed by atoms with Crippen LogP contribution in [-0.4, -0.2) is 43.8 Å². The fourth-order valence-electron chi connectivity index (χ4n) is 3.34. The van der Waals surface area contributed by atoms with Gasteiger partial charge in [-0.1, -0.05) is 38.4 Å². The molecular formula is C19H32ClIN4O. The van der Waals surface area contributed by atoms with Crippen molar-refractivity contribution < 1.29 is 4.74 Å². The number of nitrogens with one attached hydrogen (secondary N) is 2.